The summed E-state index contributed by atoms with van der Waals surface area (Å²) in [5, 5.41) is 10.9. The van der Waals surface area contributed by atoms with Gasteiger partial charge in [0.15, 0.2) is 0 Å². The molecule has 0 amide bonds. The predicted molar refractivity (Wildman–Crippen MR) is 67.3 cm³/mol. The Hall–Kier alpha value is -1.10. The number of rotatable bonds is 2. The molecule has 2 N–H and O–H groups in total. The molecule has 0 unspecified atom stereocenters. The summed E-state index contributed by atoms with van der Waals surface area (Å²) in [7, 11) is 0. The molecule has 2 aliphatic rings. The van der Waals surface area contributed by atoms with Crippen LogP contribution >= 0.6 is 0 Å². The fourth-order valence-electron chi connectivity index (χ4n) is 2.83. The van der Waals surface area contributed by atoms with Gasteiger partial charge in [-0.3, -0.25) is 5.10 Å². The standard InChI is InChI=1S/C12H21N5/c1-2-5-10(4-1)11-14-12(16-15-11)17-8-3-6-13-7-9-17/h10,13H,1-9H2,(H,14,15,16). The Kier molecular flexibility index (Phi) is 3.27. The third-order valence-electron chi connectivity index (χ3n) is 3.86. The van der Waals surface area contributed by atoms with E-state index in [0.29, 0.717) is 5.92 Å². The molecule has 1 aromatic heterocycles. The lowest BCUT2D eigenvalue weighted by molar-refractivity contribution is 0.671. The molecule has 0 aromatic carbocycles. The van der Waals surface area contributed by atoms with Gasteiger partial charge in [0.2, 0.25) is 5.95 Å². The molecule has 2 fully saturated rings. The number of hydrogen-bond donors (Lipinski definition) is 2. The van der Waals surface area contributed by atoms with Gasteiger partial charge in [-0.15, -0.1) is 5.10 Å². The second kappa shape index (κ2) is 5.04. The van der Waals surface area contributed by atoms with Crippen molar-refractivity contribution < 1.29 is 0 Å². The van der Waals surface area contributed by atoms with Crippen molar-refractivity contribution >= 4 is 5.95 Å². The summed E-state index contributed by atoms with van der Waals surface area (Å²) in [6.07, 6.45) is 6.41. The van der Waals surface area contributed by atoms with Crippen LogP contribution in [0.2, 0.25) is 0 Å². The van der Waals surface area contributed by atoms with E-state index in [-0.39, 0.29) is 0 Å². The van der Waals surface area contributed by atoms with E-state index in [4.69, 9.17) is 0 Å². The number of anilines is 1. The van der Waals surface area contributed by atoms with Gasteiger partial charge in [0.05, 0.1) is 0 Å². The van der Waals surface area contributed by atoms with Gasteiger partial charge in [-0.25, -0.2) is 0 Å². The highest BCUT2D eigenvalue weighted by Crippen LogP contribution is 2.32. The largest absolute Gasteiger partial charge is 0.338 e. The monoisotopic (exact) mass is 235 g/mol. The van der Waals surface area contributed by atoms with Crippen LogP contribution in [0.25, 0.3) is 0 Å². The molecule has 1 aliphatic heterocycles. The second-order valence-electron chi connectivity index (χ2n) is 5.09. The summed E-state index contributed by atoms with van der Waals surface area (Å²) in [6.45, 7) is 4.22. The summed E-state index contributed by atoms with van der Waals surface area (Å²) in [4.78, 5) is 6.98. The molecule has 0 atom stereocenters. The van der Waals surface area contributed by atoms with Crippen LogP contribution in [0.4, 0.5) is 5.95 Å². The first-order valence-corrected chi connectivity index (χ1v) is 6.81. The minimum absolute atomic E-state index is 0.626. The SMILES string of the molecule is C1CCC(c2nc(N3CCCNCC3)n[nH]2)C1. The van der Waals surface area contributed by atoms with Gasteiger partial charge in [0.1, 0.15) is 5.82 Å². The second-order valence-corrected chi connectivity index (χ2v) is 5.09. The number of nitrogens with one attached hydrogen (secondary N) is 2. The van der Waals surface area contributed by atoms with Gasteiger partial charge >= 0.3 is 0 Å². The van der Waals surface area contributed by atoms with E-state index in [1.807, 2.05) is 0 Å². The van der Waals surface area contributed by atoms with Crippen molar-refractivity contribution in [2.75, 3.05) is 31.1 Å². The van der Waals surface area contributed by atoms with Gasteiger partial charge < -0.3 is 10.2 Å². The fourth-order valence-corrected chi connectivity index (χ4v) is 2.83. The van der Waals surface area contributed by atoms with Gasteiger partial charge in [0, 0.05) is 25.6 Å². The maximum absolute atomic E-state index is 4.69. The normalized spacial score (nSPS) is 22.9. The highest BCUT2D eigenvalue weighted by molar-refractivity contribution is 5.29. The van der Waals surface area contributed by atoms with Gasteiger partial charge in [0.25, 0.3) is 0 Å². The Morgan fingerprint density at radius 3 is 2.82 bits per heavy atom. The topological polar surface area (TPSA) is 56.8 Å². The lowest BCUT2D eigenvalue weighted by Crippen LogP contribution is -2.28. The van der Waals surface area contributed by atoms with Gasteiger partial charge in [-0.1, -0.05) is 12.8 Å². The maximum atomic E-state index is 4.69. The van der Waals surface area contributed by atoms with E-state index < -0.39 is 0 Å². The Balaban J connectivity index is 1.70. The van der Waals surface area contributed by atoms with Crippen molar-refractivity contribution in [1.82, 2.24) is 20.5 Å². The van der Waals surface area contributed by atoms with Crippen LogP contribution in [0.5, 0.6) is 0 Å². The zero-order valence-corrected chi connectivity index (χ0v) is 10.3. The van der Waals surface area contributed by atoms with Crippen molar-refractivity contribution in [3.05, 3.63) is 5.82 Å². The summed E-state index contributed by atoms with van der Waals surface area (Å²) in [5.41, 5.74) is 0. The highest BCUT2D eigenvalue weighted by atomic mass is 15.4. The molecule has 0 bridgehead atoms. The molecule has 94 valence electrons. The molecule has 1 aliphatic carbocycles. The zero-order chi connectivity index (χ0) is 11.5. The summed E-state index contributed by atoms with van der Waals surface area (Å²) < 4.78 is 0. The van der Waals surface area contributed by atoms with Crippen molar-refractivity contribution in [1.29, 1.82) is 0 Å². The van der Waals surface area contributed by atoms with Crippen LogP contribution in [-0.4, -0.2) is 41.4 Å². The van der Waals surface area contributed by atoms with E-state index in [0.717, 1.165) is 38.0 Å². The minimum atomic E-state index is 0.626. The Morgan fingerprint density at radius 1 is 1.06 bits per heavy atom. The van der Waals surface area contributed by atoms with Crippen molar-refractivity contribution in [3.63, 3.8) is 0 Å². The molecule has 2 heterocycles. The predicted octanol–water partition coefficient (Wildman–Crippen LogP) is 1.26. The summed E-state index contributed by atoms with van der Waals surface area (Å²) >= 11 is 0. The van der Waals surface area contributed by atoms with Crippen LogP contribution in [0.1, 0.15) is 43.8 Å². The van der Waals surface area contributed by atoms with Crippen molar-refractivity contribution in [3.8, 4) is 0 Å². The Labute approximate surface area is 102 Å². The molecule has 5 nitrogen and oxygen atoms in total. The average Bonchev–Trinajstić information content (AvgIpc) is 2.95. The molecule has 1 saturated carbocycles. The zero-order valence-electron chi connectivity index (χ0n) is 10.3. The molecule has 0 radical (unpaired) electrons. The maximum Gasteiger partial charge on any atom is 0.244 e. The first kappa shape index (κ1) is 11.0. The number of nitrogens with zero attached hydrogens (tertiary/aromatic N) is 3. The molecule has 1 saturated heterocycles. The number of aromatic amines is 1. The third kappa shape index (κ3) is 2.44. The molecule has 1 aromatic rings. The fraction of sp³-hybridized carbons (Fsp3) is 0.833. The van der Waals surface area contributed by atoms with E-state index in [1.54, 1.807) is 0 Å². The Bertz CT molecular complexity index is 348. The number of aromatic nitrogens is 3. The van der Waals surface area contributed by atoms with Gasteiger partial charge in [-0.05, 0) is 25.8 Å². The third-order valence-corrected chi connectivity index (χ3v) is 3.86. The first-order chi connectivity index (χ1) is 8.43. The smallest absolute Gasteiger partial charge is 0.244 e. The lowest BCUT2D eigenvalue weighted by atomic mass is 10.1. The highest BCUT2D eigenvalue weighted by Gasteiger charge is 2.22. The first-order valence-electron chi connectivity index (χ1n) is 6.81. The van der Waals surface area contributed by atoms with E-state index >= 15 is 0 Å². The summed E-state index contributed by atoms with van der Waals surface area (Å²) in [6, 6.07) is 0. The number of H-pyrrole nitrogens is 1. The molecule has 5 heteroatoms. The molecular weight excluding hydrogens is 214 g/mol. The summed E-state index contributed by atoms with van der Waals surface area (Å²) in [5.74, 6) is 2.63. The van der Waals surface area contributed by atoms with Crippen LogP contribution < -0.4 is 10.2 Å². The van der Waals surface area contributed by atoms with E-state index in [9.17, 15) is 0 Å². The van der Waals surface area contributed by atoms with Crippen molar-refractivity contribution in [2.24, 2.45) is 0 Å². The lowest BCUT2D eigenvalue weighted by Gasteiger charge is -2.17. The van der Waals surface area contributed by atoms with E-state index in [2.05, 4.69) is 25.4 Å². The van der Waals surface area contributed by atoms with E-state index in [1.165, 1.54) is 32.1 Å². The van der Waals surface area contributed by atoms with Gasteiger partial charge in [-0.2, -0.15) is 4.98 Å². The quantitative estimate of drug-likeness (QED) is 0.810. The minimum Gasteiger partial charge on any atom is -0.338 e. The average molecular weight is 235 g/mol. The number of hydrogen-bond acceptors (Lipinski definition) is 4. The van der Waals surface area contributed by atoms with Crippen LogP contribution in [0.3, 0.4) is 0 Å². The molecule has 3 rings (SSSR count). The Morgan fingerprint density at radius 2 is 1.94 bits per heavy atom. The van der Waals surface area contributed by atoms with Crippen molar-refractivity contribution in [2.45, 2.75) is 38.0 Å². The molecule has 0 spiro atoms. The van der Waals surface area contributed by atoms with Crippen LogP contribution in [-0.2, 0) is 0 Å². The van der Waals surface area contributed by atoms with Crippen LogP contribution in [0, 0.1) is 0 Å². The molecule has 17 heavy (non-hydrogen) atoms. The van der Waals surface area contributed by atoms with Crippen LogP contribution in [0.15, 0.2) is 0 Å². The molecular formula is C12H21N5.